The van der Waals surface area contributed by atoms with Crippen LogP contribution in [0.25, 0.3) is 0 Å². The van der Waals surface area contributed by atoms with Crippen LogP contribution in [-0.2, 0) is 4.79 Å². The number of hydrogen-bond donors (Lipinski definition) is 1. The van der Waals surface area contributed by atoms with E-state index in [9.17, 15) is 4.79 Å². The van der Waals surface area contributed by atoms with Crippen LogP contribution in [-0.4, -0.2) is 54.5 Å². The minimum Gasteiger partial charge on any atom is -0.338 e. The normalized spacial score (nSPS) is 24.6. The number of hydrogen-bond acceptors (Lipinski definition) is 3. The van der Waals surface area contributed by atoms with Crippen LogP contribution in [0.4, 0.5) is 0 Å². The van der Waals surface area contributed by atoms with Gasteiger partial charge < -0.3 is 15.5 Å². The molecule has 0 aromatic rings. The minimum absolute atomic E-state index is 0.145. The van der Waals surface area contributed by atoms with Crippen molar-refractivity contribution >= 4 is 5.91 Å². The van der Waals surface area contributed by atoms with Crippen molar-refractivity contribution in [3.8, 4) is 0 Å². The van der Waals surface area contributed by atoms with Crippen molar-refractivity contribution in [3.63, 3.8) is 0 Å². The van der Waals surface area contributed by atoms with Gasteiger partial charge in [0.25, 0.3) is 0 Å². The first-order valence-electron chi connectivity index (χ1n) is 6.82. The molecule has 2 fully saturated rings. The summed E-state index contributed by atoms with van der Waals surface area (Å²) in [7, 11) is 2.17. The fraction of sp³-hybridized carbons (Fsp3) is 0.923. The summed E-state index contributed by atoms with van der Waals surface area (Å²) in [6.45, 7) is 5.05. The molecule has 0 radical (unpaired) electrons. The second-order valence-corrected chi connectivity index (χ2v) is 5.76. The number of carbonyl (C=O) groups excluding carboxylic acids is 1. The Labute approximate surface area is 104 Å². The van der Waals surface area contributed by atoms with Crippen molar-refractivity contribution in [2.75, 3.05) is 26.7 Å². The summed E-state index contributed by atoms with van der Waals surface area (Å²) in [5, 5.41) is 0. The Balaban J connectivity index is 1.87. The number of carbonyl (C=O) groups is 1. The summed E-state index contributed by atoms with van der Waals surface area (Å²) in [4.78, 5) is 16.5. The van der Waals surface area contributed by atoms with Gasteiger partial charge in [-0.25, -0.2) is 0 Å². The zero-order valence-corrected chi connectivity index (χ0v) is 11.1. The standard InChI is InChI=1S/C13H25N3O/c1-10(14)13(17)16(12-3-4-12)9-11-5-7-15(2)8-6-11/h10-12H,3-9,14H2,1-2H3. The summed E-state index contributed by atoms with van der Waals surface area (Å²) in [5.74, 6) is 0.820. The molecule has 1 aliphatic carbocycles. The number of rotatable bonds is 4. The first-order chi connectivity index (χ1) is 8.08. The summed E-state index contributed by atoms with van der Waals surface area (Å²) < 4.78 is 0. The second kappa shape index (κ2) is 5.36. The molecule has 1 saturated carbocycles. The molecule has 1 aliphatic heterocycles. The van der Waals surface area contributed by atoms with Gasteiger partial charge in [0.15, 0.2) is 0 Å². The maximum absolute atomic E-state index is 12.1. The molecule has 0 spiro atoms. The molecule has 4 nitrogen and oxygen atoms in total. The van der Waals surface area contributed by atoms with Crippen LogP contribution < -0.4 is 5.73 Å². The van der Waals surface area contributed by atoms with Crippen molar-refractivity contribution in [2.45, 2.75) is 44.7 Å². The van der Waals surface area contributed by atoms with Crippen molar-refractivity contribution in [3.05, 3.63) is 0 Å². The Hall–Kier alpha value is -0.610. The quantitative estimate of drug-likeness (QED) is 0.784. The van der Waals surface area contributed by atoms with Crippen LogP contribution in [0.1, 0.15) is 32.6 Å². The summed E-state index contributed by atoms with van der Waals surface area (Å²) in [6, 6.07) is 0.148. The average Bonchev–Trinajstić information content (AvgIpc) is 3.11. The van der Waals surface area contributed by atoms with Crippen molar-refractivity contribution < 1.29 is 4.79 Å². The number of likely N-dealkylation sites (tertiary alicyclic amines) is 1. The van der Waals surface area contributed by atoms with E-state index in [0.717, 1.165) is 19.6 Å². The molecule has 98 valence electrons. The molecule has 0 bridgehead atoms. The lowest BCUT2D eigenvalue weighted by Crippen LogP contribution is -2.46. The molecule has 0 aromatic carbocycles. The van der Waals surface area contributed by atoms with E-state index < -0.39 is 0 Å². The summed E-state index contributed by atoms with van der Waals surface area (Å²) in [5.41, 5.74) is 5.73. The molecular weight excluding hydrogens is 214 g/mol. The van der Waals surface area contributed by atoms with Crippen molar-refractivity contribution in [1.29, 1.82) is 0 Å². The van der Waals surface area contributed by atoms with E-state index in [0.29, 0.717) is 12.0 Å². The Bertz CT molecular complexity index is 268. The molecule has 1 amide bonds. The lowest BCUT2D eigenvalue weighted by atomic mass is 9.96. The minimum atomic E-state index is -0.345. The summed E-state index contributed by atoms with van der Waals surface area (Å²) in [6.07, 6.45) is 4.77. The highest BCUT2D eigenvalue weighted by Crippen LogP contribution is 2.29. The van der Waals surface area contributed by atoms with Crippen LogP contribution in [0.5, 0.6) is 0 Å². The van der Waals surface area contributed by atoms with Gasteiger partial charge >= 0.3 is 0 Å². The monoisotopic (exact) mass is 239 g/mol. The van der Waals surface area contributed by atoms with Crippen molar-refractivity contribution in [1.82, 2.24) is 9.80 Å². The van der Waals surface area contributed by atoms with E-state index in [-0.39, 0.29) is 11.9 Å². The van der Waals surface area contributed by atoms with E-state index in [1.807, 2.05) is 0 Å². The van der Waals surface area contributed by atoms with Crippen LogP contribution in [0.15, 0.2) is 0 Å². The molecule has 1 heterocycles. The number of amides is 1. The third-order valence-electron chi connectivity index (χ3n) is 3.95. The molecular formula is C13H25N3O. The highest BCUT2D eigenvalue weighted by atomic mass is 16.2. The van der Waals surface area contributed by atoms with Gasteiger partial charge in [-0.1, -0.05) is 0 Å². The third kappa shape index (κ3) is 3.42. The average molecular weight is 239 g/mol. The molecule has 2 N–H and O–H groups in total. The lowest BCUT2D eigenvalue weighted by molar-refractivity contribution is -0.133. The molecule has 1 atom stereocenters. The Morgan fingerprint density at radius 3 is 2.41 bits per heavy atom. The third-order valence-corrected chi connectivity index (χ3v) is 3.95. The van der Waals surface area contributed by atoms with Gasteiger partial charge in [0.05, 0.1) is 6.04 Å². The van der Waals surface area contributed by atoms with Crippen LogP contribution in [0.2, 0.25) is 0 Å². The largest absolute Gasteiger partial charge is 0.338 e. The summed E-state index contributed by atoms with van der Waals surface area (Å²) >= 11 is 0. The molecule has 1 unspecified atom stereocenters. The van der Waals surface area contributed by atoms with Gasteiger partial charge in [-0.2, -0.15) is 0 Å². The highest BCUT2D eigenvalue weighted by molar-refractivity contribution is 5.81. The van der Waals surface area contributed by atoms with Crippen LogP contribution >= 0.6 is 0 Å². The SMILES string of the molecule is CC(N)C(=O)N(CC1CCN(C)CC1)C1CC1. The van der Waals surface area contributed by atoms with Gasteiger partial charge in [-0.15, -0.1) is 0 Å². The maximum atomic E-state index is 12.1. The molecule has 2 rings (SSSR count). The molecule has 17 heavy (non-hydrogen) atoms. The maximum Gasteiger partial charge on any atom is 0.239 e. The zero-order chi connectivity index (χ0) is 12.4. The Morgan fingerprint density at radius 2 is 1.94 bits per heavy atom. The fourth-order valence-corrected chi connectivity index (χ4v) is 2.59. The predicted molar refractivity (Wildman–Crippen MR) is 68.6 cm³/mol. The smallest absolute Gasteiger partial charge is 0.239 e. The first-order valence-corrected chi connectivity index (χ1v) is 6.82. The van der Waals surface area contributed by atoms with Gasteiger partial charge in [0.2, 0.25) is 5.91 Å². The van der Waals surface area contributed by atoms with E-state index >= 15 is 0 Å². The van der Waals surface area contributed by atoms with E-state index in [4.69, 9.17) is 5.73 Å². The van der Waals surface area contributed by atoms with Gasteiger partial charge in [-0.3, -0.25) is 4.79 Å². The fourth-order valence-electron chi connectivity index (χ4n) is 2.59. The molecule has 0 aromatic heterocycles. The Kier molecular flexibility index (Phi) is 4.05. The first kappa shape index (κ1) is 12.8. The van der Waals surface area contributed by atoms with Crippen LogP contribution in [0.3, 0.4) is 0 Å². The van der Waals surface area contributed by atoms with Crippen LogP contribution in [0, 0.1) is 5.92 Å². The lowest BCUT2D eigenvalue weighted by Gasteiger charge is -2.34. The van der Waals surface area contributed by atoms with E-state index in [1.54, 1.807) is 6.92 Å². The molecule has 2 aliphatic rings. The van der Waals surface area contributed by atoms with Gasteiger partial charge in [-0.05, 0) is 58.7 Å². The zero-order valence-electron chi connectivity index (χ0n) is 11.1. The van der Waals surface area contributed by atoms with Gasteiger partial charge in [0, 0.05) is 12.6 Å². The van der Waals surface area contributed by atoms with Gasteiger partial charge in [0.1, 0.15) is 0 Å². The number of piperidine rings is 1. The molecule has 4 heteroatoms. The van der Waals surface area contributed by atoms with Crippen molar-refractivity contribution in [2.24, 2.45) is 11.7 Å². The topological polar surface area (TPSA) is 49.6 Å². The number of nitrogens with two attached hydrogens (primary N) is 1. The second-order valence-electron chi connectivity index (χ2n) is 5.76. The molecule has 1 saturated heterocycles. The number of nitrogens with zero attached hydrogens (tertiary/aromatic N) is 2. The Morgan fingerprint density at radius 1 is 1.35 bits per heavy atom. The highest BCUT2D eigenvalue weighted by Gasteiger charge is 2.35. The predicted octanol–water partition coefficient (Wildman–Crippen LogP) is 0.666. The van der Waals surface area contributed by atoms with E-state index in [2.05, 4.69) is 16.8 Å². The van der Waals surface area contributed by atoms with E-state index in [1.165, 1.54) is 25.7 Å².